The molecule has 2 aliphatic rings. The molecule has 1 aliphatic heterocycles. The summed E-state index contributed by atoms with van der Waals surface area (Å²) in [5, 5.41) is 3.49. The maximum Gasteiger partial charge on any atom is 0.410 e. The number of ether oxygens (including phenoxy) is 1. The molecule has 2 aromatic heterocycles. The monoisotopic (exact) mass is 432 g/mol. The van der Waals surface area contributed by atoms with E-state index in [1.807, 2.05) is 19.3 Å². The Morgan fingerprint density at radius 2 is 2.00 bits per heavy atom. The molecule has 3 aromatic rings. The van der Waals surface area contributed by atoms with Gasteiger partial charge in [-0.1, -0.05) is 24.3 Å². The van der Waals surface area contributed by atoms with Crippen molar-refractivity contribution in [2.24, 2.45) is 0 Å². The van der Waals surface area contributed by atoms with E-state index in [4.69, 9.17) is 9.72 Å². The van der Waals surface area contributed by atoms with E-state index in [1.54, 1.807) is 11.2 Å². The summed E-state index contributed by atoms with van der Waals surface area (Å²) >= 11 is 0. The van der Waals surface area contributed by atoms with Crippen LogP contribution in [0, 0.1) is 6.92 Å². The van der Waals surface area contributed by atoms with Gasteiger partial charge in [0.05, 0.1) is 25.2 Å². The Morgan fingerprint density at radius 1 is 1.19 bits per heavy atom. The number of fused-ring (bicyclic) bond motifs is 2. The molecule has 0 atom stereocenters. The van der Waals surface area contributed by atoms with Gasteiger partial charge in [0, 0.05) is 49.2 Å². The van der Waals surface area contributed by atoms with E-state index in [2.05, 4.69) is 44.1 Å². The first-order valence-corrected chi connectivity index (χ1v) is 11.2. The molecular formula is C24H28N6O2. The molecule has 32 heavy (non-hydrogen) atoms. The van der Waals surface area contributed by atoms with Gasteiger partial charge in [0.1, 0.15) is 0 Å². The summed E-state index contributed by atoms with van der Waals surface area (Å²) in [5.41, 5.74) is 5.91. The lowest BCUT2D eigenvalue weighted by molar-refractivity contribution is 0.0954. The van der Waals surface area contributed by atoms with Gasteiger partial charge in [-0.2, -0.15) is 0 Å². The number of hydrogen-bond donors (Lipinski definition) is 1. The Kier molecular flexibility index (Phi) is 5.75. The molecule has 0 radical (unpaired) electrons. The quantitative estimate of drug-likeness (QED) is 0.603. The van der Waals surface area contributed by atoms with Crippen LogP contribution >= 0.6 is 0 Å². The average molecular weight is 433 g/mol. The Labute approximate surface area is 187 Å². The number of rotatable bonds is 6. The number of anilines is 1. The molecule has 0 fully saturated rings. The van der Waals surface area contributed by atoms with Gasteiger partial charge >= 0.3 is 6.09 Å². The van der Waals surface area contributed by atoms with E-state index < -0.39 is 0 Å². The van der Waals surface area contributed by atoms with Crippen LogP contribution in [0.4, 0.5) is 10.7 Å². The van der Waals surface area contributed by atoms with Gasteiger partial charge in [-0.3, -0.25) is 0 Å². The smallest absolute Gasteiger partial charge is 0.410 e. The number of nitrogens with one attached hydrogen (secondary N) is 1. The minimum atomic E-state index is -0.274. The predicted octanol–water partition coefficient (Wildman–Crippen LogP) is 3.15. The van der Waals surface area contributed by atoms with Crippen LogP contribution in [0.3, 0.4) is 0 Å². The largest absolute Gasteiger partial charge is 0.449 e. The highest BCUT2D eigenvalue weighted by molar-refractivity contribution is 5.68. The number of aryl methyl sites for hydroxylation is 2. The van der Waals surface area contributed by atoms with Gasteiger partial charge in [-0.15, -0.1) is 0 Å². The fourth-order valence-corrected chi connectivity index (χ4v) is 4.49. The molecule has 0 saturated carbocycles. The molecule has 1 aromatic carbocycles. The second-order valence-corrected chi connectivity index (χ2v) is 8.55. The number of aromatic nitrogens is 4. The highest BCUT2D eigenvalue weighted by Crippen LogP contribution is 2.24. The van der Waals surface area contributed by atoms with Gasteiger partial charge < -0.3 is 19.5 Å². The molecule has 1 amide bonds. The average Bonchev–Trinajstić information content (AvgIpc) is 3.41. The molecule has 8 heteroatoms. The lowest BCUT2D eigenvalue weighted by Crippen LogP contribution is -2.37. The number of nitrogens with zero attached hydrogens (tertiary/aromatic N) is 5. The van der Waals surface area contributed by atoms with Crippen molar-refractivity contribution in [3.8, 4) is 0 Å². The van der Waals surface area contributed by atoms with Gasteiger partial charge in [-0.25, -0.2) is 19.7 Å². The van der Waals surface area contributed by atoms with Crippen LogP contribution < -0.4 is 5.32 Å². The molecule has 0 saturated heterocycles. The van der Waals surface area contributed by atoms with E-state index in [0.717, 1.165) is 42.8 Å². The first kappa shape index (κ1) is 20.5. The summed E-state index contributed by atoms with van der Waals surface area (Å²) < 4.78 is 7.53. The van der Waals surface area contributed by atoms with E-state index >= 15 is 0 Å². The number of hydrogen-bond acceptors (Lipinski definition) is 6. The summed E-state index contributed by atoms with van der Waals surface area (Å²) in [4.78, 5) is 27.6. The number of benzene rings is 1. The molecule has 1 aliphatic carbocycles. The summed E-state index contributed by atoms with van der Waals surface area (Å²) in [6.07, 6.45) is 8.66. The summed E-state index contributed by atoms with van der Waals surface area (Å²) in [7, 11) is 0. The maximum absolute atomic E-state index is 12.5. The third kappa shape index (κ3) is 4.44. The summed E-state index contributed by atoms with van der Waals surface area (Å²) in [5.74, 6) is 0.673. The topological polar surface area (TPSA) is 85.2 Å². The number of amides is 1. The van der Waals surface area contributed by atoms with Crippen LogP contribution in [-0.2, 0) is 37.1 Å². The normalized spacial score (nSPS) is 15.3. The van der Waals surface area contributed by atoms with E-state index in [0.29, 0.717) is 38.1 Å². The number of carbonyl (C=O) groups is 1. The first-order valence-electron chi connectivity index (χ1n) is 11.2. The third-order valence-corrected chi connectivity index (χ3v) is 6.27. The van der Waals surface area contributed by atoms with Crippen molar-refractivity contribution in [1.82, 2.24) is 24.4 Å². The number of imidazole rings is 1. The zero-order valence-corrected chi connectivity index (χ0v) is 18.3. The van der Waals surface area contributed by atoms with Crippen LogP contribution in [0.15, 0.2) is 43.0 Å². The molecule has 8 nitrogen and oxygen atoms in total. The maximum atomic E-state index is 12.5. The van der Waals surface area contributed by atoms with Gasteiger partial charge in [0.25, 0.3) is 0 Å². The number of carbonyl (C=O) groups excluding carboxylic acids is 1. The van der Waals surface area contributed by atoms with E-state index in [1.165, 1.54) is 11.1 Å². The molecule has 3 heterocycles. The van der Waals surface area contributed by atoms with E-state index in [-0.39, 0.29) is 6.09 Å². The zero-order valence-electron chi connectivity index (χ0n) is 18.3. The highest BCUT2D eigenvalue weighted by Gasteiger charge is 2.25. The Hall–Kier alpha value is -3.42. The molecule has 0 spiro atoms. The lowest BCUT2D eigenvalue weighted by Gasteiger charge is -2.27. The molecule has 1 N–H and O–H groups in total. The SMILES string of the molecule is Cc1cncn1CCCOC(=O)N1CCc2nc(NC3Cc4ccccc4C3)ncc2C1. The van der Waals surface area contributed by atoms with Crippen LogP contribution in [0.1, 0.15) is 34.5 Å². The fraction of sp³-hybridized carbons (Fsp3) is 0.417. The van der Waals surface area contributed by atoms with Crippen LogP contribution in [0.2, 0.25) is 0 Å². The van der Waals surface area contributed by atoms with Crippen molar-refractivity contribution in [3.05, 3.63) is 71.1 Å². The van der Waals surface area contributed by atoms with Crippen molar-refractivity contribution in [2.45, 2.75) is 51.7 Å². The first-order chi connectivity index (χ1) is 15.7. The minimum absolute atomic E-state index is 0.274. The van der Waals surface area contributed by atoms with Crippen LogP contribution in [0.5, 0.6) is 0 Å². The fourth-order valence-electron chi connectivity index (χ4n) is 4.49. The molecule has 5 rings (SSSR count). The van der Waals surface area contributed by atoms with Crippen molar-refractivity contribution >= 4 is 12.0 Å². The van der Waals surface area contributed by atoms with Crippen molar-refractivity contribution in [2.75, 3.05) is 18.5 Å². The van der Waals surface area contributed by atoms with Crippen molar-refractivity contribution in [3.63, 3.8) is 0 Å². The summed E-state index contributed by atoms with van der Waals surface area (Å²) in [6, 6.07) is 8.89. The molecule has 166 valence electrons. The Bertz CT molecular complexity index is 1090. The zero-order chi connectivity index (χ0) is 21.9. The van der Waals surface area contributed by atoms with Gasteiger partial charge in [0.15, 0.2) is 0 Å². The van der Waals surface area contributed by atoms with Crippen LogP contribution in [-0.4, -0.2) is 49.7 Å². The second-order valence-electron chi connectivity index (χ2n) is 8.55. The highest BCUT2D eigenvalue weighted by atomic mass is 16.6. The predicted molar refractivity (Wildman–Crippen MR) is 120 cm³/mol. The minimum Gasteiger partial charge on any atom is -0.449 e. The molecular weight excluding hydrogens is 404 g/mol. The van der Waals surface area contributed by atoms with Gasteiger partial charge in [0.2, 0.25) is 5.95 Å². The lowest BCUT2D eigenvalue weighted by atomic mass is 10.1. The standard InChI is InChI=1S/C24H28N6O2/c1-17-13-25-16-30(17)8-4-10-32-24(31)29-9-7-22-20(15-29)14-26-23(28-22)27-21-11-18-5-2-3-6-19(18)12-21/h2-3,5-6,13-14,16,21H,4,7-12,15H2,1H3,(H,26,27,28). The Balaban J connectivity index is 1.11. The van der Waals surface area contributed by atoms with E-state index in [9.17, 15) is 4.79 Å². The summed E-state index contributed by atoms with van der Waals surface area (Å²) in [6.45, 7) is 4.29. The molecule has 0 unspecified atom stereocenters. The van der Waals surface area contributed by atoms with Gasteiger partial charge in [-0.05, 0) is 37.3 Å². The van der Waals surface area contributed by atoms with Crippen LogP contribution in [0.25, 0.3) is 0 Å². The second kappa shape index (κ2) is 8.98. The third-order valence-electron chi connectivity index (χ3n) is 6.27. The molecule has 0 bridgehead atoms. The van der Waals surface area contributed by atoms with Crippen molar-refractivity contribution in [1.29, 1.82) is 0 Å². The Morgan fingerprint density at radius 3 is 2.75 bits per heavy atom. The van der Waals surface area contributed by atoms with Crippen molar-refractivity contribution < 1.29 is 9.53 Å².